The second kappa shape index (κ2) is 5.46. The van der Waals surface area contributed by atoms with Crippen molar-refractivity contribution in [2.45, 2.75) is 25.9 Å². The van der Waals surface area contributed by atoms with Crippen molar-refractivity contribution in [1.29, 1.82) is 0 Å². The lowest BCUT2D eigenvalue weighted by Gasteiger charge is -2.31. The highest BCUT2D eigenvalue weighted by atomic mass is 16.3. The fourth-order valence-corrected chi connectivity index (χ4v) is 2.52. The molecule has 1 fully saturated rings. The molecule has 1 heterocycles. The molecule has 0 spiro atoms. The van der Waals surface area contributed by atoms with Gasteiger partial charge in [-0.2, -0.15) is 0 Å². The normalized spacial score (nSPS) is 27.6. The van der Waals surface area contributed by atoms with E-state index in [1.54, 1.807) is 0 Å². The number of hydrogen-bond acceptors (Lipinski definition) is 2. The second-order valence-corrected chi connectivity index (χ2v) is 4.89. The summed E-state index contributed by atoms with van der Waals surface area (Å²) in [6.45, 7) is 4.46. The molecule has 2 heteroatoms. The minimum atomic E-state index is -0.299. The van der Waals surface area contributed by atoms with Crippen LogP contribution in [0.1, 0.15) is 31.4 Å². The van der Waals surface area contributed by atoms with Crippen LogP contribution in [0.2, 0.25) is 0 Å². The SMILES string of the molecule is C[C@@H]1CNCC[C@H]1C[C@H](O)c1ccccc1. The maximum atomic E-state index is 10.2. The van der Waals surface area contributed by atoms with Gasteiger partial charge in [0.15, 0.2) is 0 Å². The van der Waals surface area contributed by atoms with Crippen molar-refractivity contribution in [2.75, 3.05) is 13.1 Å². The van der Waals surface area contributed by atoms with Crippen LogP contribution in [-0.2, 0) is 0 Å². The fraction of sp³-hybridized carbons (Fsp3) is 0.571. The first-order valence-electron chi connectivity index (χ1n) is 6.21. The highest BCUT2D eigenvalue weighted by molar-refractivity contribution is 5.17. The summed E-state index contributed by atoms with van der Waals surface area (Å²) in [5.74, 6) is 1.32. The Morgan fingerprint density at radius 3 is 2.81 bits per heavy atom. The zero-order valence-electron chi connectivity index (χ0n) is 9.89. The standard InChI is InChI=1S/C14H21NO/c1-11-10-15-8-7-13(11)9-14(16)12-5-3-2-4-6-12/h2-6,11,13-16H,7-10H2,1H3/t11-,13+,14+/m1/s1. The predicted octanol–water partition coefficient (Wildman–Crippen LogP) is 2.36. The molecular weight excluding hydrogens is 198 g/mol. The van der Waals surface area contributed by atoms with Crippen LogP contribution >= 0.6 is 0 Å². The topological polar surface area (TPSA) is 32.3 Å². The molecule has 0 aromatic heterocycles. The monoisotopic (exact) mass is 219 g/mol. The van der Waals surface area contributed by atoms with Gasteiger partial charge in [-0.3, -0.25) is 0 Å². The van der Waals surface area contributed by atoms with Gasteiger partial charge in [0.1, 0.15) is 0 Å². The number of rotatable bonds is 3. The molecule has 0 unspecified atom stereocenters. The maximum Gasteiger partial charge on any atom is 0.0792 e. The van der Waals surface area contributed by atoms with Crippen molar-refractivity contribution in [2.24, 2.45) is 11.8 Å². The molecule has 1 saturated heterocycles. The Morgan fingerprint density at radius 2 is 2.12 bits per heavy atom. The van der Waals surface area contributed by atoms with E-state index in [-0.39, 0.29) is 6.10 Å². The Hall–Kier alpha value is -0.860. The van der Waals surface area contributed by atoms with Gasteiger partial charge in [0.05, 0.1) is 6.10 Å². The smallest absolute Gasteiger partial charge is 0.0792 e. The lowest BCUT2D eigenvalue weighted by Crippen LogP contribution is -2.35. The van der Waals surface area contributed by atoms with E-state index < -0.39 is 0 Å². The van der Waals surface area contributed by atoms with Gasteiger partial charge in [-0.15, -0.1) is 0 Å². The molecule has 2 nitrogen and oxygen atoms in total. The van der Waals surface area contributed by atoms with Gasteiger partial charge >= 0.3 is 0 Å². The third-order valence-electron chi connectivity index (χ3n) is 3.67. The van der Waals surface area contributed by atoms with Crippen LogP contribution in [0, 0.1) is 11.8 Å². The van der Waals surface area contributed by atoms with Gasteiger partial charge in [0.25, 0.3) is 0 Å². The van der Waals surface area contributed by atoms with E-state index in [1.165, 1.54) is 6.42 Å². The van der Waals surface area contributed by atoms with Crippen LogP contribution in [0.4, 0.5) is 0 Å². The average Bonchev–Trinajstić information content (AvgIpc) is 2.33. The summed E-state index contributed by atoms with van der Waals surface area (Å²) >= 11 is 0. The molecule has 88 valence electrons. The highest BCUT2D eigenvalue weighted by Crippen LogP contribution is 2.29. The highest BCUT2D eigenvalue weighted by Gasteiger charge is 2.23. The lowest BCUT2D eigenvalue weighted by atomic mass is 9.82. The number of benzene rings is 1. The van der Waals surface area contributed by atoms with Crippen LogP contribution in [0.15, 0.2) is 30.3 Å². The van der Waals surface area contributed by atoms with E-state index in [4.69, 9.17) is 0 Å². The van der Waals surface area contributed by atoms with E-state index in [0.717, 1.165) is 25.1 Å². The van der Waals surface area contributed by atoms with Gasteiger partial charge in [-0.1, -0.05) is 37.3 Å². The number of nitrogens with one attached hydrogen (secondary N) is 1. The van der Waals surface area contributed by atoms with Crippen molar-refractivity contribution < 1.29 is 5.11 Å². The molecule has 0 radical (unpaired) electrons. The predicted molar refractivity (Wildman–Crippen MR) is 66.2 cm³/mol. The van der Waals surface area contributed by atoms with Gasteiger partial charge < -0.3 is 10.4 Å². The third kappa shape index (κ3) is 2.83. The number of aliphatic hydroxyl groups is 1. The molecule has 0 aliphatic carbocycles. The number of aliphatic hydroxyl groups excluding tert-OH is 1. The summed E-state index contributed by atoms with van der Waals surface area (Å²) < 4.78 is 0. The Labute approximate surface area is 97.7 Å². The van der Waals surface area contributed by atoms with Gasteiger partial charge in [0.2, 0.25) is 0 Å². The maximum absolute atomic E-state index is 10.2. The Morgan fingerprint density at radius 1 is 1.38 bits per heavy atom. The van der Waals surface area contributed by atoms with Crippen molar-refractivity contribution >= 4 is 0 Å². The molecule has 1 aromatic carbocycles. The van der Waals surface area contributed by atoms with Crippen LogP contribution in [0.3, 0.4) is 0 Å². The van der Waals surface area contributed by atoms with E-state index >= 15 is 0 Å². The summed E-state index contributed by atoms with van der Waals surface area (Å²) in [5.41, 5.74) is 1.05. The Kier molecular flexibility index (Phi) is 3.97. The van der Waals surface area contributed by atoms with Crippen LogP contribution in [0.25, 0.3) is 0 Å². The molecule has 2 rings (SSSR count). The van der Waals surface area contributed by atoms with Crippen LogP contribution < -0.4 is 5.32 Å². The Bertz CT molecular complexity index is 312. The molecule has 0 bridgehead atoms. The third-order valence-corrected chi connectivity index (χ3v) is 3.67. The lowest BCUT2D eigenvalue weighted by molar-refractivity contribution is 0.115. The first-order chi connectivity index (χ1) is 7.77. The van der Waals surface area contributed by atoms with E-state index in [9.17, 15) is 5.11 Å². The van der Waals surface area contributed by atoms with Crippen molar-refractivity contribution in [3.63, 3.8) is 0 Å². The van der Waals surface area contributed by atoms with E-state index in [0.29, 0.717) is 11.8 Å². The average molecular weight is 219 g/mol. The first-order valence-corrected chi connectivity index (χ1v) is 6.21. The second-order valence-electron chi connectivity index (χ2n) is 4.89. The van der Waals surface area contributed by atoms with Gasteiger partial charge in [-0.25, -0.2) is 0 Å². The Balaban J connectivity index is 1.94. The zero-order valence-corrected chi connectivity index (χ0v) is 9.89. The number of hydrogen-bond donors (Lipinski definition) is 2. The fourth-order valence-electron chi connectivity index (χ4n) is 2.52. The minimum absolute atomic E-state index is 0.299. The number of piperidine rings is 1. The minimum Gasteiger partial charge on any atom is -0.388 e. The zero-order chi connectivity index (χ0) is 11.4. The summed E-state index contributed by atoms with van der Waals surface area (Å²) in [7, 11) is 0. The van der Waals surface area contributed by atoms with Crippen molar-refractivity contribution in [3.8, 4) is 0 Å². The van der Waals surface area contributed by atoms with Crippen LogP contribution in [0.5, 0.6) is 0 Å². The molecule has 0 amide bonds. The van der Waals surface area contributed by atoms with Crippen molar-refractivity contribution in [1.82, 2.24) is 5.32 Å². The molecule has 3 atom stereocenters. The summed E-state index contributed by atoms with van der Waals surface area (Å²) in [5, 5.41) is 13.6. The molecule has 16 heavy (non-hydrogen) atoms. The molecular formula is C14H21NO. The first kappa shape index (κ1) is 11.6. The quantitative estimate of drug-likeness (QED) is 0.818. The molecule has 1 aromatic rings. The molecule has 1 aliphatic heterocycles. The van der Waals surface area contributed by atoms with Crippen LogP contribution in [-0.4, -0.2) is 18.2 Å². The van der Waals surface area contributed by atoms with Gasteiger partial charge in [0, 0.05) is 0 Å². The van der Waals surface area contributed by atoms with Crippen molar-refractivity contribution in [3.05, 3.63) is 35.9 Å². The summed E-state index contributed by atoms with van der Waals surface area (Å²) in [4.78, 5) is 0. The molecule has 1 aliphatic rings. The van der Waals surface area contributed by atoms with Gasteiger partial charge in [-0.05, 0) is 43.3 Å². The van der Waals surface area contributed by atoms with E-state index in [1.807, 2.05) is 30.3 Å². The summed E-state index contributed by atoms with van der Waals surface area (Å²) in [6.07, 6.45) is 1.78. The summed E-state index contributed by atoms with van der Waals surface area (Å²) in [6, 6.07) is 9.99. The molecule has 2 N–H and O–H groups in total. The largest absolute Gasteiger partial charge is 0.388 e. The van der Waals surface area contributed by atoms with E-state index in [2.05, 4.69) is 12.2 Å². The molecule has 0 saturated carbocycles.